The van der Waals surface area contributed by atoms with Gasteiger partial charge >= 0.3 is 0 Å². The summed E-state index contributed by atoms with van der Waals surface area (Å²) in [7, 11) is 2.12. The van der Waals surface area contributed by atoms with Gasteiger partial charge in [-0.3, -0.25) is 0 Å². The molecule has 1 aromatic carbocycles. The standard InChI is InChI=1S/C9H12N2.ClH/c1-11-7-6-10-8-4-2-3-5-9(8)11;/h2-5,10H,6-7H2,1H3;1H. The van der Waals surface area contributed by atoms with E-state index < -0.39 is 0 Å². The van der Waals surface area contributed by atoms with Crippen LogP contribution >= 0.6 is 12.4 Å². The molecule has 0 aromatic heterocycles. The Labute approximate surface area is 79.0 Å². The number of nitrogens with zero attached hydrogens (tertiary/aromatic N) is 1. The summed E-state index contributed by atoms with van der Waals surface area (Å²) in [6.45, 7) is 2.14. The first kappa shape index (κ1) is 9.20. The Morgan fingerprint density at radius 2 is 2.08 bits per heavy atom. The maximum absolute atomic E-state index is 3.35. The molecule has 0 bridgehead atoms. The van der Waals surface area contributed by atoms with Crippen LogP contribution < -0.4 is 10.2 Å². The van der Waals surface area contributed by atoms with Crippen molar-refractivity contribution in [3.8, 4) is 0 Å². The molecule has 0 radical (unpaired) electrons. The third-order valence-electron chi connectivity index (χ3n) is 2.08. The molecular formula is C9H13ClN2. The zero-order valence-electron chi connectivity index (χ0n) is 7.08. The largest absolute Gasteiger partial charge is 0.382 e. The molecule has 0 unspecified atom stereocenters. The van der Waals surface area contributed by atoms with Crippen molar-refractivity contribution >= 4 is 23.8 Å². The fourth-order valence-electron chi connectivity index (χ4n) is 1.43. The van der Waals surface area contributed by atoms with E-state index >= 15 is 0 Å². The second-order valence-corrected chi connectivity index (χ2v) is 2.87. The van der Waals surface area contributed by atoms with Crippen molar-refractivity contribution in [2.24, 2.45) is 0 Å². The van der Waals surface area contributed by atoms with Crippen molar-refractivity contribution in [2.45, 2.75) is 0 Å². The van der Waals surface area contributed by atoms with Crippen molar-refractivity contribution in [3.63, 3.8) is 0 Å². The minimum atomic E-state index is 0. The second kappa shape index (κ2) is 3.68. The van der Waals surface area contributed by atoms with E-state index in [1.165, 1.54) is 11.4 Å². The number of para-hydroxylation sites is 2. The molecule has 1 aliphatic rings. The molecule has 1 aromatic rings. The van der Waals surface area contributed by atoms with Crippen molar-refractivity contribution in [1.82, 2.24) is 0 Å². The van der Waals surface area contributed by atoms with Crippen molar-refractivity contribution in [3.05, 3.63) is 24.3 Å². The lowest BCUT2D eigenvalue weighted by molar-refractivity contribution is 0.887. The number of hydrogen-bond donors (Lipinski definition) is 1. The summed E-state index contributed by atoms with van der Waals surface area (Å²) in [6, 6.07) is 8.39. The Kier molecular flexibility index (Phi) is 2.82. The van der Waals surface area contributed by atoms with E-state index in [9.17, 15) is 0 Å². The molecule has 0 aliphatic carbocycles. The molecule has 1 heterocycles. The van der Waals surface area contributed by atoms with Crippen LogP contribution in [0, 0.1) is 0 Å². The SMILES string of the molecule is CN1CCNc2ccccc21.Cl. The number of fused-ring (bicyclic) bond motifs is 1. The van der Waals surface area contributed by atoms with Crippen molar-refractivity contribution in [1.29, 1.82) is 0 Å². The number of benzene rings is 1. The summed E-state index contributed by atoms with van der Waals surface area (Å²) < 4.78 is 0. The molecule has 2 nitrogen and oxygen atoms in total. The minimum absolute atomic E-state index is 0. The van der Waals surface area contributed by atoms with Crippen LogP contribution in [0.3, 0.4) is 0 Å². The Bertz CT molecular complexity index is 262. The van der Waals surface area contributed by atoms with Gasteiger partial charge in [-0.2, -0.15) is 0 Å². The zero-order chi connectivity index (χ0) is 7.68. The highest BCUT2D eigenvalue weighted by molar-refractivity contribution is 5.85. The Balaban J connectivity index is 0.000000720. The molecule has 0 saturated carbocycles. The summed E-state index contributed by atoms with van der Waals surface area (Å²) in [6.07, 6.45) is 0. The number of likely N-dealkylation sites (N-methyl/N-ethyl adjacent to an activating group) is 1. The molecule has 0 amide bonds. The fraction of sp³-hybridized carbons (Fsp3) is 0.333. The number of hydrogen-bond acceptors (Lipinski definition) is 2. The first-order valence-electron chi connectivity index (χ1n) is 3.92. The Hall–Kier alpha value is -0.890. The van der Waals surface area contributed by atoms with Crippen molar-refractivity contribution < 1.29 is 0 Å². The lowest BCUT2D eigenvalue weighted by Crippen LogP contribution is -2.30. The van der Waals surface area contributed by atoms with Gasteiger partial charge < -0.3 is 10.2 Å². The highest BCUT2D eigenvalue weighted by Crippen LogP contribution is 2.26. The van der Waals surface area contributed by atoms with E-state index in [2.05, 4.69) is 41.5 Å². The Morgan fingerprint density at radius 3 is 2.83 bits per heavy atom. The third kappa shape index (κ3) is 1.48. The number of nitrogens with one attached hydrogen (secondary N) is 1. The van der Waals surface area contributed by atoms with E-state index in [4.69, 9.17) is 0 Å². The van der Waals surface area contributed by atoms with Gasteiger partial charge in [0.15, 0.2) is 0 Å². The van der Waals surface area contributed by atoms with Crippen molar-refractivity contribution in [2.75, 3.05) is 30.4 Å². The van der Waals surface area contributed by atoms with Gasteiger partial charge in [-0.25, -0.2) is 0 Å². The van der Waals surface area contributed by atoms with Gasteiger partial charge in [0, 0.05) is 20.1 Å². The predicted molar refractivity (Wildman–Crippen MR) is 55.4 cm³/mol. The monoisotopic (exact) mass is 184 g/mol. The van der Waals surface area contributed by atoms with E-state index in [0.29, 0.717) is 0 Å². The smallest absolute Gasteiger partial charge is 0.0600 e. The van der Waals surface area contributed by atoms with Crippen LogP contribution in [0.15, 0.2) is 24.3 Å². The average molecular weight is 185 g/mol. The van der Waals surface area contributed by atoms with Gasteiger partial charge in [-0.05, 0) is 12.1 Å². The van der Waals surface area contributed by atoms with Crippen LogP contribution in [-0.4, -0.2) is 20.1 Å². The van der Waals surface area contributed by atoms with Crippen LogP contribution in [-0.2, 0) is 0 Å². The maximum atomic E-state index is 3.35. The van der Waals surface area contributed by atoms with Gasteiger partial charge in [-0.1, -0.05) is 12.1 Å². The minimum Gasteiger partial charge on any atom is -0.382 e. The predicted octanol–water partition coefficient (Wildman–Crippen LogP) is 1.97. The van der Waals surface area contributed by atoms with E-state index in [-0.39, 0.29) is 12.4 Å². The number of anilines is 2. The molecule has 0 spiro atoms. The van der Waals surface area contributed by atoms with Gasteiger partial charge in [0.2, 0.25) is 0 Å². The molecule has 66 valence electrons. The molecule has 0 saturated heterocycles. The van der Waals surface area contributed by atoms with E-state index in [1.807, 2.05) is 0 Å². The van der Waals surface area contributed by atoms with Crippen LogP contribution in [0.2, 0.25) is 0 Å². The molecule has 3 heteroatoms. The van der Waals surface area contributed by atoms with Crippen LogP contribution in [0.1, 0.15) is 0 Å². The molecule has 0 atom stereocenters. The normalized spacial score (nSPS) is 14.2. The second-order valence-electron chi connectivity index (χ2n) is 2.87. The quantitative estimate of drug-likeness (QED) is 0.664. The highest BCUT2D eigenvalue weighted by atomic mass is 35.5. The molecule has 0 fully saturated rings. The van der Waals surface area contributed by atoms with E-state index in [1.54, 1.807) is 0 Å². The third-order valence-corrected chi connectivity index (χ3v) is 2.08. The van der Waals surface area contributed by atoms with Crippen LogP contribution in [0.25, 0.3) is 0 Å². The summed E-state index contributed by atoms with van der Waals surface area (Å²) in [5.41, 5.74) is 2.56. The molecule has 1 aliphatic heterocycles. The van der Waals surface area contributed by atoms with Crippen LogP contribution in [0.4, 0.5) is 11.4 Å². The van der Waals surface area contributed by atoms with Crippen LogP contribution in [0.5, 0.6) is 0 Å². The summed E-state index contributed by atoms with van der Waals surface area (Å²) in [4.78, 5) is 2.27. The fourth-order valence-corrected chi connectivity index (χ4v) is 1.43. The van der Waals surface area contributed by atoms with Gasteiger partial charge in [-0.15, -0.1) is 12.4 Å². The number of rotatable bonds is 0. The summed E-state index contributed by atoms with van der Waals surface area (Å²) in [5.74, 6) is 0. The van der Waals surface area contributed by atoms with Gasteiger partial charge in [0.25, 0.3) is 0 Å². The molecule has 2 rings (SSSR count). The molecule has 1 N–H and O–H groups in total. The lowest BCUT2D eigenvalue weighted by atomic mass is 10.2. The zero-order valence-corrected chi connectivity index (χ0v) is 7.90. The lowest BCUT2D eigenvalue weighted by Gasteiger charge is -2.28. The number of halogens is 1. The van der Waals surface area contributed by atoms with E-state index in [0.717, 1.165) is 13.1 Å². The van der Waals surface area contributed by atoms with Gasteiger partial charge in [0.1, 0.15) is 0 Å². The Morgan fingerprint density at radius 1 is 1.33 bits per heavy atom. The first-order chi connectivity index (χ1) is 5.38. The highest BCUT2D eigenvalue weighted by Gasteiger charge is 2.10. The molecular weight excluding hydrogens is 172 g/mol. The maximum Gasteiger partial charge on any atom is 0.0600 e. The summed E-state index contributed by atoms with van der Waals surface area (Å²) >= 11 is 0. The average Bonchev–Trinajstić information content (AvgIpc) is 2.06. The first-order valence-corrected chi connectivity index (χ1v) is 3.92. The summed E-state index contributed by atoms with van der Waals surface area (Å²) in [5, 5.41) is 3.35. The molecule has 12 heavy (non-hydrogen) atoms. The van der Waals surface area contributed by atoms with Gasteiger partial charge in [0.05, 0.1) is 11.4 Å². The topological polar surface area (TPSA) is 15.3 Å².